The van der Waals surface area contributed by atoms with Crippen molar-refractivity contribution in [2.75, 3.05) is 31.1 Å². The molecule has 2 rings (SSSR count). The fraction of sp³-hybridized carbons (Fsp3) is 0.556. The van der Waals surface area contributed by atoms with Crippen LogP contribution in [0.3, 0.4) is 0 Å². The van der Waals surface area contributed by atoms with Crippen LogP contribution in [-0.4, -0.2) is 48.9 Å². The van der Waals surface area contributed by atoms with E-state index in [1.165, 1.54) is 0 Å². The molecule has 0 bridgehead atoms. The molecule has 0 saturated heterocycles. The third-order valence-electron chi connectivity index (χ3n) is 4.32. The van der Waals surface area contributed by atoms with E-state index in [0.717, 1.165) is 17.9 Å². The van der Waals surface area contributed by atoms with Crippen LogP contribution >= 0.6 is 0 Å². The van der Waals surface area contributed by atoms with E-state index >= 15 is 0 Å². The average Bonchev–Trinajstić information content (AvgIpc) is 2.55. The van der Waals surface area contributed by atoms with Crippen LogP contribution in [0.2, 0.25) is 0 Å². The molecule has 1 aliphatic heterocycles. The Morgan fingerprint density at radius 2 is 1.96 bits per heavy atom. The number of carbonyl (C=O) groups excluding carboxylic acids is 2. The largest absolute Gasteiger partial charge is 0.486 e. The van der Waals surface area contributed by atoms with E-state index < -0.39 is 0 Å². The number of ether oxygens (including phenoxy) is 1. The van der Waals surface area contributed by atoms with E-state index in [9.17, 15) is 9.59 Å². The molecule has 1 aromatic rings. The van der Waals surface area contributed by atoms with Gasteiger partial charge in [-0.3, -0.25) is 9.59 Å². The van der Waals surface area contributed by atoms with Gasteiger partial charge in [0.25, 0.3) is 0 Å². The molecule has 1 unspecified atom stereocenters. The SMILES string of the molecule is CCC1CN(CC(=O)N(CC)CC)c2cc(C(C)=O)ccc2O1. The van der Waals surface area contributed by atoms with Gasteiger partial charge in [-0.1, -0.05) is 6.92 Å². The van der Waals surface area contributed by atoms with E-state index in [1.807, 2.05) is 35.8 Å². The number of hydrogen-bond acceptors (Lipinski definition) is 4. The standard InChI is InChI=1S/C18H26N2O3/c1-5-15-11-20(12-18(22)19(6-2)7-3)16-10-14(13(4)21)8-9-17(16)23-15/h8-10,15H,5-7,11-12H2,1-4H3. The Hall–Kier alpha value is -2.04. The maximum atomic E-state index is 12.5. The second kappa shape index (κ2) is 7.49. The number of hydrogen-bond donors (Lipinski definition) is 0. The zero-order valence-electron chi connectivity index (χ0n) is 14.5. The van der Waals surface area contributed by atoms with Crippen LogP contribution in [0.4, 0.5) is 5.69 Å². The lowest BCUT2D eigenvalue weighted by Gasteiger charge is -2.36. The van der Waals surface area contributed by atoms with Gasteiger partial charge in [0.2, 0.25) is 5.91 Å². The zero-order chi connectivity index (χ0) is 17.0. The van der Waals surface area contributed by atoms with E-state index in [2.05, 4.69) is 6.92 Å². The van der Waals surface area contributed by atoms with E-state index in [1.54, 1.807) is 13.0 Å². The number of benzene rings is 1. The third-order valence-corrected chi connectivity index (χ3v) is 4.32. The molecule has 126 valence electrons. The average molecular weight is 318 g/mol. The fourth-order valence-corrected chi connectivity index (χ4v) is 2.85. The summed E-state index contributed by atoms with van der Waals surface area (Å²) in [7, 11) is 0. The second-order valence-electron chi connectivity index (χ2n) is 5.83. The van der Waals surface area contributed by atoms with Crippen LogP contribution < -0.4 is 9.64 Å². The Morgan fingerprint density at radius 3 is 2.52 bits per heavy atom. The van der Waals surface area contributed by atoms with Crippen molar-refractivity contribution in [2.45, 2.75) is 40.2 Å². The first-order valence-electron chi connectivity index (χ1n) is 8.34. The van der Waals surface area contributed by atoms with Gasteiger partial charge >= 0.3 is 0 Å². The molecule has 1 atom stereocenters. The summed E-state index contributed by atoms with van der Waals surface area (Å²) >= 11 is 0. The monoisotopic (exact) mass is 318 g/mol. The Bertz CT molecular complexity index is 582. The number of anilines is 1. The quantitative estimate of drug-likeness (QED) is 0.757. The minimum Gasteiger partial charge on any atom is -0.486 e. The van der Waals surface area contributed by atoms with E-state index in [4.69, 9.17) is 4.74 Å². The molecule has 1 aliphatic rings. The summed E-state index contributed by atoms with van der Waals surface area (Å²) in [5.41, 5.74) is 1.48. The molecule has 0 N–H and O–H groups in total. The Labute approximate surface area is 138 Å². The molecule has 0 radical (unpaired) electrons. The van der Waals surface area contributed by atoms with Gasteiger partial charge in [-0.25, -0.2) is 0 Å². The summed E-state index contributed by atoms with van der Waals surface area (Å²) in [4.78, 5) is 28.0. The van der Waals surface area contributed by atoms with Crippen LogP contribution in [-0.2, 0) is 4.79 Å². The third kappa shape index (κ3) is 3.84. The number of amides is 1. The highest BCUT2D eigenvalue weighted by molar-refractivity contribution is 5.96. The Kier molecular flexibility index (Phi) is 5.64. The summed E-state index contributed by atoms with van der Waals surface area (Å²) in [6.45, 7) is 9.98. The minimum absolute atomic E-state index is 0.0143. The highest BCUT2D eigenvalue weighted by atomic mass is 16.5. The molecule has 0 fully saturated rings. The molecule has 1 amide bonds. The minimum atomic E-state index is 0.0143. The van der Waals surface area contributed by atoms with Crippen LogP contribution in [0.5, 0.6) is 5.75 Å². The molecular formula is C18H26N2O3. The normalized spacial score (nSPS) is 16.5. The second-order valence-corrected chi connectivity index (χ2v) is 5.83. The molecule has 1 aromatic carbocycles. The van der Waals surface area contributed by atoms with E-state index in [-0.39, 0.29) is 17.8 Å². The van der Waals surface area contributed by atoms with Crippen LogP contribution in [0, 0.1) is 0 Å². The summed E-state index contributed by atoms with van der Waals surface area (Å²) in [5, 5.41) is 0. The van der Waals surface area contributed by atoms with Gasteiger partial charge in [-0.05, 0) is 45.4 Å². The lowest BCUT2D eigenvalue weighted by molar-refractivity contribution is -0.129. The van der Waals surface area contributed by atoms with Crippen molar-refractivity contribution in [3.8, 4) is 5.75 Å². The molecule has 5 nitrogen and oxygen atoms in total. The van der Waals surface area contributed by atoms with Crippen molar-refractivity contribution in [1.29, 1.82) is 0 Å². The molecular weight excluding hydrogens is 292 g/mol. The number of ketones is 1. The first-order valence-corrected chi connectivity index (χ1v) is 8.34. The molecule has 5 heteroatoms. The number of rotatable bonds is 6. The highest BCUT2D eigenvalue weighted by Crippen LogP contribution is 2.35. The molecule has 0 aliphatic carbocycles. The maximum absolute atomic E-state index is 12.5. The summed E-state index contributed by atoms with van der Waals surface area (Å²) in [5.74, 6) is 0.867. The maximum Gasteiger partial charge on any atom is 0.242 e. The van der Waals surface area contributed by atoms with Crippen LogP contribution in [0.25, 0.3) is 0 Å². The number of nitrogens with zero attached hydrogens (tertiary/aromatic N) is 2. The smallest absolute Gasteiger partial charge is 0.242 e. The number of likely N-dealkylation sites (N-methyl/N-ethyl adjacent to an activating group) is 1. The van der Waals surface area contributed by atoms with Gasteiger partial charge in [-0.15, -0.1) is 0 Å². The number of Topliss-reactive ketones (excluding diaryl/α,β-unsaturated/α-hetero) is 1. The summed E-state index contributed by atoms with van der Waals surface area (Å²) < 4.78 is 5.96. The van der Waals surface area contributed by atoms with Gasteiger partial charge in [0.15, 0.2) is 5.78 Å². The first kappa shape index (κ1) is 17.3. The van der Waals surface area contributed by atoms with Gasteiger partial charge in [0.05, 0.1) is 18.8 Å². The molecule has 1 heterocycles. The van der Waals surface area contributed by atoms with Crippen molar-refractivity contribution in [3.05, 3.63) is 23.8 Å². The van der Waals surface area contributed by atoms with Crippen molar-refractivity contribution in [1.82, 2.24) is 4.90 Å². The lowest BCUT2D eigenvalue weighted by atomic mass is 10.1. The van der Waals surface area contributed by atoms with Crippen molar-refractivity contribution in [2.24, 2.45) is 0 Å². The highest BCUT2D eigenvalue weighted by Gasteiger charge is 2.27. The molecule has 0 spiro atoms. The summed E-state index contributed by atoms with van der Waals surface area (Å²) in [6, 6.07) is 5.45. The lowest BCUT2D eigenvalue weighted by Crippen LogP contribution is -2.46. The molecule has 0 aromatic heterocycles. The topological polar surface area (TPSA) is 49.9 Å². The predicted octanol–water partition coefficient (Wildman–Crippen LogP) is 2.74. The van der Waals surface area contributed by atoms with E-state index in [0.29, 0.717) is 31.7 Å². The van der Waals surface area contributed by atoms with Crippen molar-refractivity contribution >= 4 is 17.4 Å². The van der Waals surface area contributed by atoms with Crippen molar-refractivity contribution in [3.63, 3.8) is 0 Å². The van der Waals surface area contributed by atoms with Crippen LogP contribution in [0.15, 0.2) is 18.2 Å². The van der Waals surface area contributed by atoms with Gasteiger partial charge in [0.1, 0.15) is 11.9 Å². The summed E-state index contributed by atoms with van der Waals surface area (Å²) in [6.07, 6.45) is 0.944. The number of carbonyl (C=O) groups is 2. The Morgan fingerprint density at radius 1 is 1.26 bits per heavy atom. The van der Waals surface area contributed by atoms with Crippen LogP contribution in [0.1, 0.15) is 44.5 Å². The van der Waals surface area contributed by atoms with Gasteiger partial charge in [0, 0.05) is 18.7 Å². The van der Waals surface area contributed by atoms with Gasteiger partial charge in [-0.2, -0.15) is 0 Å². The van der Waals surface area contributed by atoms with Gasteiger partial charge < -0.3 is 14.5 Å². The first-order chi connectivity index (χ1) is 11.0. The zero-order valence-corrected chi connectivity index (χ0v) is 14.5. The molecule has 0 saturated carbocycles. The number of fused-ring (bicyclic) bond motifs is 1. The molecule has 23 heavy (non-hydrogen) atoms. The Balaban J connectivity index is 2.30. The van der Waals surface area contributed by atoms with Crippen molar-refractivity contribution < 1.29 is 14.3 Å². The fourth-order valence-electron chi connectivity index (χ4n) is 2.85. The predicted molar refractivity (Wildman–Crippen MR) is 91.3 cm³/mol.